The fraction of sp³-hybridized carbons (Fsp3) is 0.467. The van der Waals surface area contributed by atoms with Crippen molar-refractivity contribution in [3.05, 3.63) is 93.8 Å². The van der Waals surface area contributed by atoms with Gasteiger partial charge in [-0.1, -0.05) is 39.3 Å². The Hall–Kier alpha value is -5.09. The lowest BCUT2D eigenvalue weighted by Gasteiger charge is -2.40. The van der Waals surface area contributed by atoms with Gasteiger partial charge in [0.05, 0.1) is 16.7 Å². The second kappa shape index (κ2) is 17.0. The van der Waals surface area contributed by atoms with Gasteiger partial charge in [-0.2, -0.15) is 17.4 Å². The Morgan fingerprint density at radius 3 is 2.34 bits per heavy atom. The summed E-state index contributed by atoms with van der Waals surface area (Å²) >= 11 is 0. The SMILES string of the molecule is CC(C)(C)C1=CC(=CC=CC2=[N+](CCCCCC(=O)On3c(O)ccc3O)c3c(F)c(F)c(F)c(F)c3C2(C)CCCCS(=O)(=O)O)c2cc3c4c(c2O1)CCCN4CCC3. The lowest BCUT2D eigenvalue weighted by atomic mass is 9.75. The van der Waals surface area contributed by atoms with Crippen molar-refractivity contribution < 1.29 is 59.7 Å². The van der Waals surface area contributed by atoms with Crippen LogP contribution in [0.4, 0.5) is 28.9 Å². The molecular formula is C45H52F4N3O8S+. The number of nitrogens with zero attached hydrogens (tertiary/aromatic N) is 3. The van der Waals surface area contributed by atoms with Crippen LogP contribution < -0.4 is 14.5 Å². The molecule has 0 fully saturated rings. The second-order valence-electron chi connectivity index (χ2n) is 17.5. The molecule has 4 aliphatic heterocycles. The van der Waals surface area contributed by atoms with E-state index in [0.717, 1.165) is 73.6 Å². The number of carbonyl (C=O) groups excluding carboxylic acids is 1. The van der Waals surface area contributed by atoms with E-state index in [9.17, 15) is 28.0 Å². The van der Waals surface area contributed by atoms with E-state index in [4.69, 9.17) is 9.57 Å². The molecular weight excluding hydrogens is 819 g/mol. The monoisotopic (exact) mass is 870 g/mol. The number of ether oxygens (including phenoxy) is 1. The molecule has 0 spiro atoms. The summed E-state index contributed by atoms with van der Waals surface area (Å²) in [5.74, 6) is -7.76. The summed E-state index contributed by atoms with van der Waals surface area (Å²) in [6.07, 6.45) is 12.0. The second-order valence-corrected chi connectivity index (χ2v) is 19.1. The first-order valence-corrected chi connectivity index (χ1v) is 22.4. The summed E-state index contributed by atoms with van der Waals surface area (Å²) in [7, 11) is -4.33. The number of carbonyl (C=O) groups is 1. The third-order valence-electron chi connectivity index (χ3n) is 12.1. The Labute approximate surface area is 353 Å². The van der Waals surface area contributed by atoms with E-state index < -0.39 is 73.5 Å². The number of rotatable bonds is 14. The zero-order chi connectivity index (χ0) is 44.0. The maximum absolute atomic E-state index is 16.1. The van der Waals surface area contributed by atoms with Gasteiger partial charge in [-0.15, -0.1) is 4.73 Å². The normalized spacial score (nSPS) is 19.3. The van der Waals surface area contributed by atoms with Crippen LogP contribution >= 0.6 is 0 Å². The molecule has 5 heterocycles. The Balaban J connectivity index is 1.27. The summed E-state index contributed by atoms with van der Waals surface area (Å²) in [5.41, 5.74) is 3.04. The fourth-order valence-corrected chi connectivity index (χ4v) is 9.64. The molecule has 16 heteroatoms. The lowest BCUT2D eigenvalue weighted by molar-refractivity contribution is -0.441. The first-order chi connectivity index (χ1) is 28.8. The third kappa shape index (κ3) is 8.70. The van der Waals surface area contributed by atoms with Crippen molar-refractivity contribution in [2.24, 2.45) is 5.41 Å². The van der Waals surface area contributed by atoms with Crippen molar-refractivity contribution in [2.75, 3.05) is 30.3 Å². The van der Waals surface area contributed by atoms with E-state index in [2.05, 4.69) is 31.7 Å². The van der Waals surface area contributed by atoms with Gasteiger partial charge in [0.15, 0.2) is 17.3 Å². The number of halogens is 4. The first-order valence-electron chi connectivity index (χ1n) is 20.8. The fourth-order valence-electron chi connectivity index (χ4n) is 9.08. The van der Waals surface area contributed by atoms with Crippen LogP contribution in [-0.4, -0.2) is 69.6 Å². The average Bonchev–Trinajstić information content (AvgIpc) is 3.64. The third-order valence-corrected chi connectivity index (χ3v) is 12.9. The van der Waals surface area contributed by atoms with Gasteiger partial charge in [-0.05, 0) is 81.6 Å². The highest BCUT2D eigenvalue weighted by atomic mass is 32.2. The molecule has 61 heavy (non-hydrogen) atoms. The van der Waals surface area contributed by atoms with E-state index in [1.54, 1.807) is 19.1 Å². The summed E-state index contributed by atoms with van der Waals surface area (Å²) in [5, 5.41) is 19.6. The van der Waals surface area contributed by atoms with Crippen molar-refractivity contribution in [2.45, 2.75) is 104 Å². The van der Waals surface area contributed by atoms with Crippen molar-refractivity contribution in [1.29, 1.82) is 0 Å². The van der Waals surface area contributed by atoms with Crippen molar-refractivity contribution >= 4 is 38.7 Å². The van der Waals surface area contributed by atoms with E-state index in [1.165, 1.54) is 21.4 Å². The van der Waals surface area contributed by atoms with Crippen LogP contribution in [0.5, 0.6) is 17.5 Å². The zero-order valence-corrected chi connectivity index (χ0v) is 35.6. The van der Waals surface area contributed by atoms with Gasteiger partial charge >= 0.3 is 5.97 Å². The minimum atomic E-state index is -4.33. The summed E-state index contributed by atoms with van der Waals surface area (Å²) < 4.78 is 104. The highest BCUT2D eigenvalue weighted by Crippen LogP contribution is 2.50. The van der Waals surface area contributed by atoms with Crippen LogP contribution in [0.25, 0.3) is 5.57 Å². The average molecular weight is 871 g/mol. The first kappa shape index (κ1) is 44.0. The molecule has 2 aromatic carbocycles. The molecule has 4 aliphatic rings. The Morgan fingerprint density at radius 2 is 1.66 bits per heavy atom. The molecule has 3 aromatic rings. The topological polar surface area (TPSA) is 142 Å². The quantitative estimate of drug-likeness (QED) is 0.0362. The molecule has 11 nitrogen and oxygen atoms in total. The van der Waals surface area contributed by atoms with Crippen LogP contribution in [0.15, 0.2) is 48.3 Å². The molecule has 1 atom stereocenters. The molecule has 0 saturated heterocycles. The molecule has 328 valence electrons. The van der Waals surface area contributed by atoms with Crippen LogP contribution in [0.2, 0.25) is 0 Å². The number of hydrogen-bond donors (Lipinski definition) is 3. The Morgan fingerprint density at radius 1 is 0.967 bits per heavy atom. The number of aryl methyl sites for hydroxylation is 1. The predicted octanol–water partition coefficient (Wildman–Crippen LogP) is 8.75. The largest absolute Gasteiger partial charge is 0.492 e. The number of unbranched alkanes of at least 4 members (excludes halogenated alkanes) is 3. The van der Waals surface area contributed by atoms with E-state index in [1.807, 2.05) is 12.2 Å². The maximum atomic E-state index is 16.1. The number of hydrogen-bond acceptors (Lipinski definition) is 8. The zero-order valence-electron chi connectivity index (χ0n) is 34.8. The molecule has 3 N–H and O–H groups in total. The molecule has 0 aliphatic carbocycles. The van der Waals surface area contributed by atoms with E-state index in [0.29, 0.717) is 16.9 Å². The summed E-state index contributed by atoms with van der Waals surface area (Å²) in [6, 6.07) is 4.47. The molecule has 0 radical (unpaired) electrons. The maximum Gasteiger partial charge on any atom is 0.333 e. The van der Waals surface area contributed by atoms with Gasteiger partial charge < -0.3 is 24.7 Å². The Kier molecular flexibility index (Phi) is 12.3. The predicted molar refractivity (Wildman–Crippen MR) is 222 cm³/mol. The molecule has 0 bridgehead atoms. The highest BCUT2D eigenvalue weighted by molar-refractivity contribution is 7.85. The minimum absolute atomic E-state index is 0.00371. The highest BCUT2D eigenvalue weighted by Gasteiger charge is 2.53. The standard InChI is InChI=1S/C45H51F4N3O8S/c1-44(2,3)32-26-27(30-25-28-14-11-21-50-22-12-15-29(41(28)50)43(30)59-32)13-10-16-31-45(4,20-7-9-24-61(56,57)58)36-37(46)38(47)39(48)40(49)42(36)51(31)23-8-5-6-17-35(55)60-52-33(53)18-19-34(52)54/h10,13,16,18-19,25-26H,5-9,11-12,14-15,17,20-24H2,1-4H3,(H2-,53,54,56,57,58)/p+1. The molecule has 1 aromatic heterocycles. The van der Waals surface area contributed by atoms with E-state index in [-0.39, 0.29) is 50.5 Å². The number of anilines is 1. The number of aromatic nitrogens is 1. The van der Waals surface area contributed by atoms with Crippen molar-refractivity contribution in [3.8, 4) is 17.5 Å². The van der Waals surface area contributed by atoms with Crippen LogP contribution in [-0.2, 0) is 33.2 Å². The van der Waals surface area contributed by atoms with Gasteiger partial charge in [0, 0.05) is 66.4 Å². The summed E-state index contributed by atoms with van der Waals surface area (Å²) in [4.78, 5) is 19.9. The molecule has 0 amide bonds. The number of aromatic hydroxyl groups is 2. The van der Waals surface area contributed by atoms with Crippen molar-refractivity contribution in [3.63, 3.8) is 0 Å². The molecule has 0 saturated carbocycles. The number of fused-ring (bicyclic) bond motifs is 3. The van der Waals surface area contributed by atoms with Gasteiger partial charge in [0.1, 0.15) is 18.1 Å². The Bertz CT molecular complexity index is 2480. The van der Waals surface area contributed by atoms with Crippen LogP contribution in [0, 0.1) is 28.7 Å². The number of benzene rings is 2. The van der Waals surface area contributed by atoms with Crippen molar-refractivity contribution in [1.82, 2.24) is 4.73 Å². The van der Waals surface area contributed by atoms with Crippen LogP contribution in [0.3, 0.4) is 0 Å². The molecule has 1 unspecified atom stereocenters. The van der Waals surface area contributed by atoms with Gasteiger partial charge in [0.25, 0.3) is 15.8 Å². The van der Waals surface area contributed by atoms with Crippen LogP contribution in [0.1, 0.15) is 108 Å². The van der Waals surface area contributed by atoms with E-state index >= 15 is 17.6 Å². The number of allylic oxidation sites excluding steroid dienone is 6. The summed E-state index contributed by atoms with van der Waals surface area (Å²) in [6.45, 7) is 9.75. The minimum Gasteiger partial charge on any atom is -0.492 e. The van der Waals surface area contributed by atoms with Gasteiger partial charge in [-0.25, -0.2) is 18.0 Å². The smallest absolute Gasteiger partial charge is 0.333 e. The molecule has 7 rings (SSSR count). The van der Waals surface area contributed by atoms with Gasteiger partial charge in [-0.3, -0.25) is 4.55 Å². The lowest BCUT2D eigenvalue weighted by Crippen LogP contribution is -2.35. The van der Waals surface area contributed by atoms with Gasteiger partial charge in [0.2, 0.25) is 23.4 Å².